The van der Waals surface area contributed by atoms with Crippen LogP contribution in [0.15, 0.2) is 28.7 Å². The molecule has 1 aliphatic heterocycles. The Bertz CT molecular complexity index is 1070. The molecule has 0 aliphatic carbocycles. The summed E-state index contributed by atoms with van der Waals surface area (Å²) in [5.74, 6) is -3.61. The first-order chi connectivity index (χ1) is 13.3. The number of hydrogen-bond donors (Lipinski definition) is 1. The zero-order valence-electron chi connectivity index (χ0n) is 14.4. The Morgan fingerprint density at radius 3 is 2.54 bits per heavy atom. The zero-order valence-corrected chi connectivity index (χ0v) is 16.0. The van der Waals surface area contributed by atoms with Crippen molar-refractivity contribution >= 4 is 32.9 Å². The lowest BCUT2D eigenvalue weighted by Gasteiger charge is -2.27. The van der Waals surface area contributed by atoms with Gasteiger partial charge in [-0.3, -0.25) is 0 Å². The quantitative estimate of drug-likeness (QED) is 0.624. The summed E-state index contributed by atoms with van der Waals surface area (Å²) in [5.41, 5.74) is -0.484. The minimum atomic E-state index is -1.40. The molecule has 0 radical (unpaired) electrons. The van der Waals surface area contributed by atoms with Gasteiger partial charge in [0.15, 0.2) is 5.82 Å². The average Bonchev–Trinajstić information content (AvgIpc) is 2.92. The predicted molar refractivity (Wildman–Crippen MR) is 97.9 cm³/mol. The maximum atomic E-state index is 14.9. The molecule has 0 unspecified atom stereocenters. The molecular weight excluding hydrogens is 441 g/mol. The fourth-order valence-corrected chi connectivity index (χ4v) is 3.66. The number of carboxylic acids is 1. The van der Waals surface area contributed by atoms with Crippen molar-refractivity contribution in [3.8, 4) is 0 Å². The van der Waals surface area contributed by atoms with E-state index in [0.717, 1.165) is 24.6 Å². The number of ether oxygens (including phenoxy) is 1. The van der Waals surface area contributed by atoms with Gasteiger partial charge in [-0.1, -0.05) is 15.9 Å². The number of carboxylic acid groups (broad SMARTS) is 1. The van der Waals surface area contributed by atoms with E-state index in [-0.39, 0.29) is 46.0 Å². The number of aromatic carboxylic acids is 1. The lowest BCUT2D eigenvalue weighted by molar-refractivity contribution is -0.0590. The van der Waals surface area contributed by atoms with Crippen LogP contribution in [0.5, 0.6) is 0 Å². The van der Waals surface area contributed by atoms with E-state index in [2.05, 4.69) is 20.9 Å². The Morgan fingerprint density at radius 1 is 1.29 bits per heavy atom. The summed E-state index contributed by atoms with van der Waals surface area (Å²) in [6, 6.07) is 4.80. The predicted octanol–water partition coefficient (Wildman–Crippen LogP) is 4.29. The number of benzene rings is 2. The van der Waals surface area contributed by atoms with E-state index in [1.165, 1.54) is 10.6 Å². The summed E-state index contributed by atoms with van der Waals surface area (Å²) in [4.78, 5) is 15.6. The van der Waals surface area contributed by atoms with Crippen molar-refractivity contribution in [1.29, 1.82) is 0 Å². The molecule has 4 rings (SSSR count). The van der Waals surface area contributed by atoms with Crippen molar-refractivity contribution in [2.45, 2.75) is 25.5 Å². The van der Waals surface area contributed by atoms with Gasteiger partial charge in [-0.15, -0.1) is 0 Å². The topological polar surface area (TPSA) is 64.3 Å². The second-order valence-electron chi connectivity index (χ2n) is 6.54. The molecule has 1 fully saturated rings. The fraction of sp³-hybridized carbons (Fsp3) is 0.263. The van der Waals surface area contributed by atoms with Gasteiger partial charge in [0.1, 0.15) is 23.0 Å². The molecule has 9 heteroatoms. The fourth-order valence-electron chi connectivity index (χ4n) is 3.26. The van der Waals surface area contributed by atoms with Gasteiger partial charge >= 0.3 is 5.97 Å². The highest BCUT2D eigenvalue weighted by Gasteiger charge is 2.26. The molecule has 1 aromatic heterocycles. The van der Waals surface area contributed by atoms with Crippen molar-refractivity contribution in [2.75, 3.05) is 6.61 Å². The normalized spacial score (nSPS) is 16.4. The van der Waals surface area contributed by atoms with Gasteiger partial charge in [0.2, 0.25) is 0 Å². The molecule has 1 atom stereocenters. The average molecular weight is 455 g/mol. The monoisotopic (exact) mass is 454 g/mol. The summed E-state index contributed by atoms with van der Waals surface area (Å²) < 4.78 is 50.6. The molecule has 3 aromatic rings. The van der Waals surface area contributed by atoms with Crippen molar-refractivity contribution < 1.29 is 27.8 Å². The van der Waals surface area contributed by atoms with Gasteiger partial charge in [-0.2, -0.15) is 0 Å². The van der Waals surface area contributed by atoms with E-state index < -0.39 is 29.0 Å². The lowest BCUT2D eigenvalue weighted by Crippen LogP contribution is -2.32. The number of carbonyl (C=O) groups is 1. The molecule has 5 nitrogen and oxygen atoms in total. The molecule has 1 saturated heterocycles. The number of aromatic nitrogens is 2. The SMILES string of the molecule is O=C(O)c1ccc2nc(Cc3c(F)cc(Br)cc3F)n(C[C@@H]3CCO3)c2c1F. The van der Waals surface area contributed by atoms with Crippen LogP contribution in [0.3, 0.4) is 0 Å². The third-order valence-electron chi connectivity index (χ3n) is 4.78. The number of rotatable bonds is 5. The molecule has 2 heterocycles. The molecule has 1 aliphatic rings. The van der Waals surface area contributed by atoms with Crippen LogP contribution in [0.1, 0.15) is 28.2 Å². The maximum absolute atomic E-state index is 14.9. The molecule has 2 aromatic carbocycles. The maximum Gasteiger partial charge on any atom is 0.338 e. The van der Waals surface area contributed by atoms with Crippen molar-refractivity contribution in [1.82, 2.24) is 9.55 Å². The molecule has 1 N–H and O–H groups in total. The van der Waals surface area contributed by atoms with Crippen molar-refractivity contribution in [3.05, 3.63) is 63.1 Å². The molecular formula is C19H14BrF3N2O3. The Labute approximate surface area is 165 Å². The third kappa shape index (κ3) is 3.29. The van der Waals surface area contributed by atoms with E-state index in [9.17, 15) is 23.1 Å². The number of nitrogens with zero attached hydrogens (tertiary/aromatic N) is 2. The van der Waals surface area contributed by atoms with E-state index in [4.69, 9.17) is 4.74 Å². The van der Waals surface area contributed by atoms with Crippen molar-refractivity contribution in [3.63, 3.8) is 0 Å². The molecule has 0 bridgehead atoms. The van der Waals surface area contributed by atoms with E-state index >= 15 is 0 Å². The van der Waals surface area contributed by atoms with Crippen LogP contribution < -0.4 is 0 Å². The van der Waals surface area contributed by atoms with Gasteiger partial charge < -0.3 is 14.4 Å². The Kier molecular flexibility index (Phi) is 4.88. The van der Waals surface area contributed by atoms with Gasteiger partial charge in [0.25, 0.3) is 0 Å². The minimum absolute atomic E-state index is 0.0108. The first-order valence-electron chi connectivity index (χ1n) is 8.51. The molecule has 146 valence electrons. The van der Waals surface area contributed by atoms with E-state index in [1.807, 2.05) is 0 Å². The smallest absolute Gasteiger partial charge is 0.338 e. The van der Waals surface area contributed by atoms with E-state index in [1.54, 1.807) is 0 Å². The van der Waals surface area contributed by atoms with Crippen LogP contribution in [0.4, 0.5) is 13.2 Å². The van der Waals surface area contributed by atoms with E-state index in [0.29, 0.717) is 6.61 Å². The molecule has 0 spiro atoms. The Balaban J connectivity index is 1.86. The number of hydrogen-bond acceptors (Lipinski definition) is 3. The van der Waals surface area contributed by atoms with Gasteiger partial charge in [0.05, 0.1) is 23.7 Å². The Hall–Kier alpha value is -2.39. The second kappa shape index (κ2) is 7.21. The highest BCUT2D eigenvalue weighted by molar-refractivity contribution is 9.10. The second-order valence-corrected chi connectivity index (χ2v) is 7.46. The standard InChI is InChI=1S/C19H14BrF3N2O3/c20-9-5-13(21)12(14(22)6-9)7-16-24-15-2-1-11(19(26)27)17(23)18(15)25(16)8-10-3-4-28-10/h1-2,5-6,10H,3-4,7-8H2,(H,26,27)/t10-/m0/s1. The van der Waals surface area contributed by atoms with Crippen LogP contribution in [-0.4, -0.2) is 33.3 Å². The molecule has 0 amide bonds. The summed E-state index contributed by atoms with van der Waals surface area (Å²) in [7, 11) is 0. The largest absolute Gasteiger partial charge is 0.478 e. The van der Waals surface area contributed by atoms with Crippen LogP contribution >= 0.6 is 15.9 Å². The highest BCUT2D eigenvalue weighted by Crippen LogP contribution is 2.28. The van der Waals surface area contributed by atoms with Crippen LogP contribution in [0.25, 0.3) is 11.0 Å². The number of imidazole rings is 1. The van der Waals surface area contributed by atoms with Crippen LogP contribution in [-0.2, 0) is 17.7 Å². The summed E-state index contributed by atoms with van der Waals surface area (Å²) >= 11 is 3.03. The van der Waals surface area contributed by atoms with Gasteiger partial charge in [-0.05, 0) is 30.7 Å². The number of fused-ring (bicyclic) bond motifs is 1. The summed E-state index contributed by atoms with van der Waals surface area (Å²) in [6.45, 7) is 0.789. The van der Waals surface area contributed by atoms with Crippen molar-refractivity contribution in [2.24, 2.45) is 0 Å². The van der Waals surface area contributed by atoms with Gasteiger partial charge in [-0.25, -0.2) is 22.9 Å². The van der Waals surface area contributed by atoms with Gasteiger partial charge in [0, 0.05) is 23.1 Å². The molecule has 0 saturated carbocycles. The first kappa shape index (κ1) is 18.9. The number of halogens is 4. The minimum Gasteiger partial charge on any atom is -0.478 e. The highest BCUT2D eigenvalue weighted by atomic mass is 79.9. The van der Waals surface area contributed by atoms with Crippen LogP contribution in [0, 0.1) is 17.5 Å². The summed E-state index contributed by atoms with van der Waals surface area (Å²) in [6.07, 6.45) is 0.345. The lowest BCUT2D eigenvalue weighted by atomic mass is 10.1. The zero-order chi connectivity index (χ0) is 20.0. The summed E-state index contributed by atoms with van der Waals surface area (Å²) in [5, 5.41) is 9.20. The Morgan fingerprint density at radius 2 is 1.96 bits per heavy atom. The first-order valence-corrected chi connectivity index (χ1v) is 9.30. The van der Waals surface area contributed by atoms with Crippen LogP contribution in [0.2, 0.25) is 0 Å². The third-order valence-corrected chi connectivity index (χ3v) is 5.23. The molecule has 28 heavy (non-hydrogen) atoms.